The van der Waals surface area contributed by atoms with E-state index >= 15 is 0 Å². The molecule has 3 aromatic rings. The molecule has 0 bridgehead atoms. The summed E-state index contributed by atoms with van der Waals surface area (Å²) >= 11 is 0. The maximum atomic E-state index is 13.3. The highest BCUT2D eigenvalue weighted by molar-refractivity contribution is 5.95. The average molecular weight is 564 g/mol. The molecule has 12 heteroatoms. The van der Waals surface area contributed by atoms with Crippen molar-refractivity contribution in [2.75, 3.05) is 31.5 Å². The maximum absolute atomic E-state index is 13.3. The van der Waals surface area contributed by atoms with Gasteiger partial charge in [-0.3, -0.25) is 9.69 Å². The number of nitrogens with two attached hydrogens (primary N) is 1. The molecule has 4 rings (SSSR count). The highest BCUT2D eigenvalue weighted by Crippen LogP contribution is 2.33. The lowest BCUT2D eigenvalue weighted by Crippen LogP contribution is -2.43. The molecule has 3 amide bonds. The summed E-state index contributed by atoms with van der Waals surface area (Å²) in [6.45, 7) is 3.61. The van der Waals surface area contributed by atoms with Crippen LogP contribution in [-0.2, 0) is 19.3 Å². The van der Waals surface area contributed by atoms with Gasteiger partial charge in [-0.1, -0.05) is 30.3 Å². The van der Waals surface area contributed by atoms with E-state index in [1.807, 2.05) is 0 Å². The van der Waals surface area contributed by atoms with E-state index in [-0.39, 0.29) is 30.2 Å². The third kappa shape index (κ3) is 8.34. The minimum atomic E-state index is -4.53. The lowest BCUT2D eigenvalue weighted by molar-refractivity contribution is -0.137. The van der Waals surface area contributed by atoms with Crippen LogP contribution in [0.5, 0.6) is 11.5 Å². The average Bonchev–Trinajstić information content (AvgIpc) is 2.89. The van der Waals surface area contributed by atoms with Gasteiger partial charge in [0.25, 0.3) is 5.91 Å². The van der Waals surface area contributed by atoms with Crippen molar-refractivity contribution in [3.05, 3.63) is 89.0 Å². The van der Waals surface area contributed by atoms with Gasteiger partial charge in [-0.25, -0.2) is 4.79 Å². The van der Waals surface area contributed by atoms with E-state index in [0.717, 1.165) is 38.3 Å². The van der Waals surface area contributed by atoms with E-state index in [1.54, 1.807) is 48.5 Å². The van der Waals surface area contributed by atoms with Crippen LogP contribution in [0.4, 0.5) is 23.7 Å². The second-order valence-corrected chi connectivity index (χ2v) is 8.81. The van der Waals surface area contributed by atoms with Gasteiger partial charge in [-0.05, 0) is 47.5 Å². The molecule has 1 fully saturated rings. The van der Waals surface area contributed by atoms with Crippen LogP contribution in [0.15, 0.2) is 66.7 Å². The number of hydrogen-bond acceptors (Lipinski definition) is 5. The van der Waals surface area contributed by atoms with Crippen molar-refractivity contribution in [1.29, 1.82) is 0 Å². The molecule has 1 saturated heterocycles. The predicted octanol–water partition coefficient (Wildman–Crippen LogP) is 4.75. The third-order valence-electron chi connectivity index (χ3n) is 6.02. The van der Waals surface area contributed by atoms with Crippen LogP contribution in [-0.4, -0.2) is 43.0 Å². The Labute approximate surface area is 230 Å². The second-order valence-electron chi connectivity index (χ2n) is 8.81. The summed E-state index contributed by atoms with van der Waals surface area (Å²) < 4.78 is 45.8. The van der Waals surface area contributed by atoms with Gasteiger partial charge < -0.3 is 26.4 Å². The standard InChI is InChI=1S/C27H28F3N5O3.ClH/c28-27(29,30)20-9-8-19(17-35-12-10-32-11-13-35)23(15-20)34-26(37)33-16-18-4-3-5-21(14-18)38-24-7-2-1-6-22(24)25(31)36;/h1-9,14-15,32H,10-13,16-17H2,(H2,31,36)(H2,33,34,37);1H. The molecule has 1 heterocycles. The molecule has 8 nitrogen and oxygen atoms in total. The van der Waals surface area contributed by atoms with E-state index in [2.05, 4.69) is 20.9 Å². The highest BCUT2D eigenvalue weighted by atomic mass is 35.5. The minimum Gasteiger partial charge on any atom is -0.457 e. The van der Waals surface area contributed by atoms with E-state index < -0.39 is 23.7 Å². The van der Waals surface area contributed by atoms with Crippen LogP contribution in [0.3, 0.4) is 0 Å². The number of primary amides is 1. The summed E-state index contributed by atoms with van der Waals surface area (Å²) in [6.07, 6.45) is -4.53. The Balaban J connectivity index is 0.00000420. The van der Waals surface area contributed by atoms with Crippen molar-refractivity contribution < 1.29 is 27.5 Å². The van der Waals surface area contributed by atoms with Crippen molar-refractivity contribution >= 4 is 30.0 Å². The van der Waals surface area contributed by atoms with Gasteiger partial charge in [0.05, 0.1) is 11.1 Å². The molecule has 1 aliphatic rings. The van der Waals surface area contributed by atoms with Crippen molar-refractivity contribution in [3.63, 3.8) is 0 Å². The molecule has 208 valence electrons. The number of alkyl halides is 3. The first kappa shape index (κ1) is 29.8. The smallest absolute Gasteiger partial charge is 0.416 e. The quantitative estimate of drug-likeness (QED) is 0.316. The third-order valence-corrected chi connectivity index (χ3v) is 6.02. The Morgan fingerprint density at radius 3 is 2.46 bits per heavy atom. The summed E-state index contributed by atoms with van der Waals surface area (Å²) in [5, 5.41) is 8.49. The molecule has 0 aliphatic carbocycles. The number of para-hydroxylation sites is 1. The topological polar surface area (TPSA) is 109 Å². The molecule has 0 unspecified atom stereocenters. The fourth-order valence-electron chi connectivity index (χ4n) is 4.07. The van der Waals surface area contributed by atoms with Crippen LogP contribution < -0.4 is 26.4 Å². The van der Waals surface area contributed by atoms with Crippen LogP contribution >= 0.6 is 12.4 Å². The molecule has 0 radical (unpaired) electrons. The first-order valence-electron chi connectivity index (χ1n) is 12.0. The first-order valence-corrected chi connectivity index (χ1v) is 12.0. The first-order chi connectivity index (χ1) is 18.2. The number of carbonyl (C=O) groups is 2. The van der Waals surface area contributed by atoms with E-state index in [9.17, 15) is 22.8 Å². The normalized spacial score (nSPS) is 13.7. The van der Waals surface area contributed by atoms with Gasteiger partial charge >= 0.3 is 12.2 Å². The fourth-order valence-corrected chi connectivity index (χ4v) is 4.07. The van der Waals surface area contributed by atoms with Crippen molar-refractivity contribution in [3.8, 4) is 11.5 Å². The lowest BCUT2D eigenvalue weighted by atomic mass is 10.1. The van der Waals surface area contributed by atoms with Crippen LogP contribution in [0.1, 0.15) is 27.0 Å². The summed E-state index contributed by atoms with van der Waals surface area (Å²) in [5.74, 6) is 0.0972. The van der Waals surface area contributed by atoms with Crippen LogP contribution in [0, 0.1) is 0 Å². The number of amides is 3. The number of rotatable bonds is 8. The fraction of sp³-hybridized carbons (Fsp3) is 0.259. The number of ether oxygens (including phenoxy) is 1. The number of piperazine rings is 1. The zero-order valence-electron chi connectivity index (χ0n) is 20.9. The Hall–Kier alpha value is -3.80. The van der Waals surface area contributed by atoms with E-state index in [0.29, 0.717) is 29.2 Å². The summed E-state index contributed by atoms with van der Waals surface area (Å²) in [5.41, 5.74) is 6.17. The van der Waals surface area contributed by atoms with Gasteiger partial charge in [0, 0.05) is 45.0 Å². The number of carbonyl (C=O) groups excluding carboxylic acids is 2. The number of nitrogens with zero attached hydrogens (tertiary/aromatic N) is 1. The Bertz CT molecular complexity index is 1300. The molecule has 0 saturated carbocycles. The zero-order valence-corrected chi connectivity index (χ0v) is 21.7. The Morgan fingerprint density at radius 1 is 1.00 bits per heavy atom. The number of benzene rings is 3. The molecule has 5 N–H and O–H groups in total. The molecule has 0 aromatic heterocycles. The summed E-state index contributed by atoms with van der Waals surface area (Å²) in [6, 6.07) is 16.1. The number of hydrogen-bond donors (Lipinski definition) is 4. The summed E-state index contributed by atoms with van der Waals surface area (Å²) in [4.78, 5) is 26.4. The predicted molar refractivity (Wildman–Crippen MR) is 144 cm³/mol. The number of nitrogens with one attached hydrogen (secondary N) is 3. The van der Waals surface area contributed by atoms with E-state index in [4.69, 9.17) is 10.5 Å². The molecule has 0 spiro atoms. The molecular weight excluding hydrogens is 535 g/mol. The lowest BCUT2D eigenvalue weighted by Gasteiger charge is -2.28. The Morgan fingerprint density at radius 2 is 1.74 bits per heavy atom. The molecule has 39 heavy (non-hydrogen) atoms. The van der Waals surface area contributed by atoms with Gasteiger partial charge in [0.1, 0.15) is 11.5 Å². The van der Waals surface area contributed by atoms with Crippen molar-refractivity contribution in [2.45, 2.75) is 19.3 Å². The number of anilines is 1. The molecular formula is C27H29ClF3N5O3. The summed E-state index contributed by atoms with van der Waals surface area (Å²) in [7, 11) is 0. The monoisotopic (exact) mass is 563 g/mol. The van der Waals surface area contributed by atoms with Crippen LogP contribution in [0.2, 0.25) is 0 Å². The number of urea groups is 1. The zero-order chi connectivity index (χ0) is 27.1. The van der Waals surface area contributed by atoms with Gasteiger partial charge in [-0.15, -0.1) is 12.4 Å². The molecule has 0 atom stereocenters. The Kier molecular flexibility index (Phi) is 10.2. The van der Waals surface area contributed by atoms with Gasteiger partial charge in [-0.2, -0.15) is 13.2 Å². The van der Waals surface area contributed by atoms with Gasteiger partial charge in [0.2, 0.25) is 0 Å². The molecule has 3 aromatic carbocycles. The van der Waals surface area contributed by atoms with Gasteiger partial charge in [0.15, 0.2) is 0 Å². The van der Waals surface area contributed by atoms with E-state index in [1.165, 1.54) is 6.07 Å². The molecule has 1 aliphatic heterocycles. The highest BCUT2D eigenvalue weighted by Gasteiger charge is 2.31. The van der Waals surface area contributed by atoms with Crippen molar-refractivity contribution in [1.82, 2.24) is 15.5 Å². The minimum absolute atomic E-state index is 0. The second kappa shape index (κ2) is 13.3. The SMILES string of the molecule is Cl.NC(=O)c1ccccc1Oc1cccc(CNC(=O)Nc2cc(C(F)(F)F)ccc2CN2CCNCC2)c1. The number of halogens is 4. The van der Waals surface area contributed by atoms with Crippen LogP contribution in [0.25, 0.3) is 0 Å². The van der Waals surface area contributed by atoms with Crippen molar-refractivity contribution in [2.24, 2.45) is 5.73 Å². The largest absolute Gasteiger partial charge is 0.457 e. The maximum Gasteiger partial charge on any atom is 0.416 e.